The molecule has 0 saturated carbocycles. The molecule has 0 heterocycles. The lowest BCUT2D eigenvalue weighted by molar-refractivity contribution is 0.227. The van der Waals surface area contributed by atoms with Crippen molar-refractivity contribution in [2.75, 3.05) is 0 Å². The maximum absolute atomic E-state index is 13.2. The molecule has 0 bridgehead atoms. The number of hydrogen-bond acceptors (Lipinski definition) is 1. The Morgan fingerprint density at radius 3 is 2.33 bits per heavy atom. The van der Waals surface area contributed by atoms with E-state index in [1.165, 1.54) is 0 Å². The van der Waals surface area contributed by atoms with E-state index in [1.807, 2.05) is 19.9 Å². The average molecular weight is 166 g/mol. The largest absolute Gasteiger partial charge is 0.534 e. The molecule has 1 rings (SSSR count). The van der Waals surface area contributed by atoms with E-state index in [2.05, 4.69) is 0 Å². The van der Waals surface area contributed by atoms with E-state index in [1.54, 1.807) is 24.3 Å². The van der Waals surface area contributed by atoms with Gasteiger partial charge in [0.1, 0.15) is 0 Å². The molecule has 0 amide bonds. The van der Waals surface area contributed by atoms with Gasteiger partial charge in [0.05, 0.1) is 0 Å². The number of benzene rings is 1. The summed E-state index contributed by atoms with van der Waals surface area (Å²) in [7, 11) is -1.30. The Morgan fingerprint density at radius 1 is 1.25 bits per heavy atom. The molecule has 1 nitrogen and oxygen atoms in total. The monoisotopic (exact) mass is 166 g/mol. The molecule has 64 valence electrons. The summed E-state index contributed by atoms with van der Waals surface area (Å²) in [6, 6.07) is 8.88. The Kier molecular flexibility index (Phi) is 3.29. The molecule has 0 unspecified atom stereocenters. The number of hydrogen-bond donors (Lipinski definition) is 0. The van der Waals surface area contributed by atoms with Crippen LogP contribution >= 0.6 is 0 Å². The van der Waals surface area contributed by atoms with E-state index in [4.69, 9.17) is 4.65 Å². The summed E-state index contributed by atoms with van der Waals surface area (Å²) in [6.45, 7) is 3.63. The fourth-order valence-electron chi connectivity index (χ4n) is 0.922. The first-order valence-corrected chi connectivity index (χ1v) is 4.04. The molecule has 1 aromatic rings. The quantitative estimate of drug-likeness (QED) is 0.621. The van der Waals surface area contributed by atoms with Gasteiger partial charge < -0.3 is 4.65 Å². The summed E-state index contributed by atoms with van der Waals surface area (Å²) in [6.07, 6.45) is -0.0831. The third-order valence-corrected chi connectivity index (χ3v) is 1.45. The molecular formula is C9H12BFO. The number of halogens is 1. The van der Waals surface area contributed by atoms with Crippen molar-refractivity contribution in [2.24, 2.45) is 0 Å². The van der Waals surface area contributed by atoms with Crippen LogP contribution in [0.5, 0.6) is 0 Å². The van der Waals surface area contributed by atoms with Crippen LogP contribution in [0.25, 0.3) is 0 Å². The molecule has 12 heavy (non-hydrogen) atoms. The van der Waals surface area contributed by atoms with E-state index in [0.717, 1.165) is 0 Å². The van der Waals surface area contributed by atoms with Crippen molar-refractivity contribution in [3.63, 3.8) is 0 Å². The molecule has 0 N–H and O–H groups in total. The van der Waals surface area contributed by atoms with Gasteiger partial charge in [0.25, 0.3) is 0 Å². The smallest absolute Gasteiger partial charge is 0.402 e. The van der Waals surface area contributed by atoms with Crippen LogP contribution in [0.3, 0.4) is 0 Å². The van der Waals surface area contributed by atoms with Crippen molar-refractivity contribution in [3.05, 3.63) is 30.3 Å². The fourth-order valence-corrected chi connectivity index (χ4v) is 0.922. The maximum atomic E-state index is 13.2. The molecule has 0 radical (unpaired) electrons. The lowest BCUT2D eigenvalue weighted by Gasteiger charge is -2.08. The van der Waals surface area contributed by atoms with Gasteiger partial charge in [0.15, 0.2) is 0 Å². The molecule has 0 saturated heterocycles. The molecule has 1 aromatic carbocycles. The van der Waals surface area contributed by atoms with Crippen molar-refractivity contribution in [2.45, 2.75) is 20.0 Å². The van der Waals surface area contributed by atoms with Crippen LogP contribution in [0, 0.1) is 0 Å². The van der Waals surface area contributed by atoms with Gasteiger partial charge in [-0.3, -0.25) is 4.32 Å². The third kappa shape index (κ3) is 2.66. The van der Waals surface area contributed by atoms with Gasteiger partial charge in [-0.1, -0.05) is 30.3 Å². The van der Waals surface area contributed by atoms with Crippen molar-refractivity contribution in [1.82, 2.24) is 0 Å². The first-order chi connectivity index (χ1) is 5.70. The summed E-state index contributed by atoms with van der Waals surface area (Å²) in [5, 5.41) is 0. The highest BCUT2D eigenvalue weighted by atomic mass is 19.1. The molecule has 0 atom stereocenters. The zero-order valence-corrected chi connectivity index (χ0v) is 7.33. The standard InChI is InChI=1S/C9H12BFO/c1-8(2)12-10(11)9-6-4-3-5-7-9/h3-8H,1-2H3. The van der Waals surface area contributed by atoms with Gasteiger partial charge in [-0.25, -0.2) is 0 Å². The Bertz CT molecular complexity index is 225. The Labute approximate surface area is 72.7 Å². The van der Waals surface area contributed by atoms with E-state index >= 15 is 0 Å². The second kappa shape index (κ2) is 4.26. The van der Waals surface area contributed by atoms with Crippen LogP contribution in [-0.2, 0) is 4.65 Å². The normalized spacial score (nSPS) is 10.3. The Hall–Kier alpha value is -0.825. The van der Waals surface area contributed by atoms with E-state index < -0.39 is 7.19 Å². The van der Waals surface area contributed by atoms with Gasteiger partial charge in [-0.15, -0.1) is 0 Å². The molecule has 0 fully saturated rings. The van der Waals surface area contributed by atoms with Gasteiger partial charge in [0.2, 0.25) is 0 Å². The zero-order chi connectivity index (χ0) is 8.97. The maximum Gasteiger partial charge on any atom is 0.534 e. The van der Waals surface area contributed by atoms with Crippen molar-refractivity contribution >= 4 is 12.7 Å². The minimum Gasteiger partial charge on any atom is -0.402 e. The van der Waals surface area contributed by atoms with E-state index in [0.29, 0.717) is 5.46 Å². The van der Waals surface area contributed by atoms with Crippen LogP contribution < -0.4 is 5.46 Å². The summed E-state index contributed by atoms with van der Waals surface area (Å²) in [5.74, 6) is 0. The molecule has 0 aliphatic heterocycles. The predicted molar refractivity (Wildman–Crippen MR) is 49.2 cm³/mol. The van der Waals surface area contributed by atoms with Gasteiger partial charge in [-0.05, 0) is 19.3 Å². The first-order valence-electron chi connectivity index (χ1n) is 4.04. The van der Waals surface area contributed by atoms with Crippen LogP contribution in [0.4, 0.5) is 4.32 Å². The summed E-state index contributed by atoms with van der Waals surface area (Å²) < 4.78 is 18.1. The Morgan fingerprint density at radius 2 is 1.83 bits per heavy atom. The first kappa shape index (κ1) is 9.26. The topological polar surface area (TPSA) is 9.23 Å². The van der Waals surface area contributed by atoms with Gasteiger partial charge >= 0.3 is 7.19 Å². The van der Waals surface area contributed by atoms with Crippen LogP contribution in [0.2, 0.25) is 0 Å². The second-order valence-corrected chi connectivity index (χ2v) is 2.91. The molecule has 0 aromatic heterocycles. The highest BCUT2D eigenvalue weighted by Gasteiger charge is 2.19. The Balaban J connectivity index is 2.59. The molecule has 0 spiro atoms. The van der Waals surface area contributed by atoms with E-state index in [9.17, 15) is 4.32 Å². The SMILES string of the molecule is CC(C)OB(F)c1ccccc1. The predicted octanol–water partition coefficient (Wildman–Crippen LogP) is 1.78. The number of rotatable bonds is 3. The second-order valence-electron chi connectivity index (χ2n) is 2.91. The summed E-state index contributed by atoms with van der Waals surface area (Å²) in [4.78, 5) is 0. The van der Waals surface area contributed by atoms with Crippen molar-refractivity contribution in [1.29, 1.82) is 0 Å². The van der Waals surface area contributed by atoms with E-state index in [-0.39, 0.29) is 6.10 Å². The van der Waals surface area contributed by atoms with Crippen molar-refractivity contribution in [3.8, 4) is 0 Å². The third-order valence-electron chi connectivity index (χ3n) is 1.45. The minimum absolute atomic E-state index is 0.0831. The van der Waals surface area contributed by atoms with Crippen molar-refractivity contribution < 1.29 is 8.97 Å². The highest BCUT2D eigenvalue weighted by molar-refractivity contribution is 6.60. The minimum atomic E-state index is -1.30. The lowest BCUT2D eigenvalue weighted by atomic mass is 9.82. The summed E-state index contributed by atoms with van der Waals surface area (Å²) in [5.41, 5.74) is 0.575. The average Bonchev–Trinajstić information content (AvgIpc) is 2.05. The molecular weight excluding hydrogens is 154 g/mol. The lowest BCUT2D eigenvalue weighted by Crippen LogP contribution is -2.31. The van der Waals surface area contributed by atoms with Gasteiger partial charge in [-0.2, -0.15) is 0 Å². The molecule has 0 aliphatic rings. The molecule has 3 heteroatoms. The van der Waals surface area contributed by atoms with Crippen LogP contribution in [0.1, 0.15) is 13.8 Å². The summed E-state index contributed by atoms with van der Waals surface area (Å²) >= 11 is 0. The molecule has 0 aliphatic carbocycles. The van der Waals surface area contributed by atoms with Crippen LogP contribution in [0.15, 0.2) is 30.3 Å². The zero-order valence-electron chi connectivity index (χ0n) is 7.33. The highest BCUT2D eigenvalue weighted by Crippen LogP contribution is 1.96. The van der Waals surface area contributed by atoms with Gasteiger partial charge in [0, 0.05) is 6.10 Å². The fraction of sp³-hybridized carbons (Fsp3) is 0.333. The van der Waals surface area contributed by atoms with Crippen LogP contribution in [-0.4, -0.2) is 13.3 Å².